The molecule has 2 aromatic rings. The van der Waals surface area contributed by atoms with E-state index in [1.165, 1.54) is 0 Å². The molecule has 0 unspecified atom stereocenters. The Balaban J connectivity index is 2.21. The summed E-state index contributed by atoms with van der Waals surface area (Å²) in [5.41, 5.74) is 9.29. The van der Waals surface area contributed by atoms with Gasteiger partial charge in [0.15, 0.2) is 5.84 Å². The Morgan fingerprint density at radius 1 is 1.25 bits per heavy atom. The minimum Gasteiger partial charge on any atom is -0.409 e. The van der Waals surface area contributed by atoms with Gasteiger partial charge in [-0.2, -0.15) is 0 Å². The largest absolute Gasteiger partial charge is 0.409 e. The molecule has 4 nitrogen and oxygen atoms in total. The Labute approximate surface area is 122 Å². The van der Waals surface area contributed by atoms with Crippen molar-refractivity contribution in [2.24, 2.45) is 10.9 Å². The van der Waals surface area contributed by atoms with Gasteiger partial charge in [-0.1, -0.05) is 47.1 Å². The summed E-state index contributed by atoms with van der Waals surface area (Å²) in [4.78, 5) is 0. The standard InChI is InChI=1S/C15H16ClN3O/c1-10-13(16)7-4-8-14(10)18-9-11-5-2-3-6-12(11)15(17)19-20/h2-8,18,20H,9H2,1H3,(H2,17,19). The smallest absolute Gasteiger partial charge is 0.170 e. The Bertz CT molecular complexity index is 641. The molecule has 0 atom stereocenters. The van der Waals surface area contributed by atoms with Crippen molar-refractivity contribution >= 4 is 23.1 Å². The molecule has 104 valence electrons. The van der Waals surface area contributed by atoms with Crippen LogP contribution >= 0.6 is 11.6 Å². The molecule has 0 bridgehead atoms. The van der Waals surface area contributed by atoms with E-state index in [1.54, 1.807) is 0 Å². The summed E-state index contributed by atoms with van der Waals surface area (Å²) in [6.45, 7) is 2.52. The van der Waals surface area contributed by atoms with Crippen LogP contribution in [-0.4, -0.2) is 11.0 Å². The monoisotopic (exact) mass is 289 g/mol. The highest BCUT2D eigenvalue weighted by Crippen LogP contribution is 2.23. The van der Waals surface area contributed by atoms with E-state index in [9.17, 15) is 0 Å². The number of anilines is 1. The van der Waals surface area contributed by atoms with Crippen molar-refractivity contribution in [3.63, 3.8) is 0 Å². The van der Waals surface area contributed by atoms with Crippen LogP contribution in [0.2, 0.25) is 5.02 Å². The van der Waals surface area contributed by atoms with Crippen molar-refractivity contribution < 1.29 is 5.21 Å². The molecule has 4 N–H and O–H groups in total. The van der Waals surface area contributed by atoms with Gasteiger partial charge in [0.05, 0.1) is 0 Å². The summed E-state index contributed by atoms with van der Waals surface area (Å²) in [6, 6.07) is 13.2. The van der Waals surface area contributed by atoms with Gasteiger partial charge in [0, 0.05) is 22.8 Å². The third kappa shape index (κ3) is 3.03. The van der Waals surface area contributed by atoms with E-state index in [0.29, 0.717) is 12.1 Å². The molecule has 0 saturated heterocycles. The minimum absolute atomic E-state index is 0.102. The van der Waals surface area contributed by atoms with Gasteiger partial charge in [-0.25, -0.2) is 0 Å². The molecule has 2 aromatic carbocycles. The number of nitrogens with one attached hydrogen (secondary N) is 1. The van der Waals surface area contributed by atoms with Crippen LogP contribution in [0.5, 0.6) is 0 Å². The lowest BCUT2D eigenvalue weighted by Crippen LogP contribution is -2.16. The normalized spacial score (nSPS) is 11.4. The lowest BCUT2D eigenvalue weighted by Gasteiger charge is -2.13. The first kappa shape index (κ1) is 14.2. The molecule has 0 heterocycles. The van der Waals surface area contributed by atoms with Crippen LogP contribution in [0.1, 0.15) is 16.7 Å². The molecule has 0 radical (unpaired) electrons. The SMILES string of the molecule is Cc1c(Cl)cccc1NCc1ccccc1C(N)=NO. The van der Waals surface area contributed by atoms with Crippen molar-refractivity contribution in [1.82, 2.24) is 0 Å². The number of nitrogens with zero attached hydrogens (tertiary/aromatic N) is 1. The van der Waals surface area contributed by atoms with Crippen molar-refractivity contribution in [2.45, 2.75) is 13.5 Å². The van der Waals surface area contributed by atoms with E-state index in [2.05, 4.69) is 10.5 Å². The predicted octanol–water partition coefficient (Wildman–Crippen LogP) is 3.36. The van der Waals surface area contributed by atoms with Gasteiger partial charge < -0.3 is 16.3 Å². The Hall–Kier alpha value is -2.20. The van der Waals surface area contributed by atoms with Crippen LogP contribution in [0.4, 0.5) is 5.69 Å². The average Bonchev–Trinajstić information content (AvgIpc) is 2.48. The molecule has 0 spiro atoms. The molecule has 0 aliphatic heterocycles. The fourth-order valence-electron chi connectivity index (χ4n) is 1.97. The maximum Gasteiger partial charge on any atom is 0.170 e. The zero-order valence-electron chi connectivity index (χ0n) is 11.1. The second-order valence-corrected chi connectivity index (χ2v) is 4.82. The second kappa shape index (κ2) is 6.30. The van der Waals surface area contributed by atoms with E-state index in [0.717, 1.165) is 21.8 Å². The number of amidine groups is 1. The Morgan fingerprint density at radius 3 is 2.75 bits per heavy atom. The van der Waals surface area contributed by atoms with Gasteiger partial charge in [0.1, 0.15) is 0 Å². The summed E-state index contributed by atoms with van der Waals surface area (Å²) in [5, 5.41) is 15.9. The first-order chi connectivity index (χ1) is 9.63. The number of halogens is 1. The fraction of sp³-hybridized carbons (Fsp3) is 0.133. The van der Waals surface area contributed by atoms with E-state index >= 15 is 0 Å². The molecule has 2 rings (SSSR count). The van der Waals surface area contributed by atoms with E-state index < -0.39 is 0 Å². The maximum atomic E-state index is 8.80. The maximum absolute atomic E-state index is 8.80. The second-order valence-electron chi connectivity index (χ2n) is 4.41. The predicted molar refractivity (Wildman–Crippen MR) is 82.5 cm³/mol. The first-order valence-electron chi connectivity index (χ1n) is 6.18. The summed E-state index contributed by atoms with van der Waals surface area (Å²) in [6.07, 6.45) is 0. The van der Waals surface area contributed by atoms with Crippen molar-refractivity contribution in [2.75, 3.05) is 5.32 Å². The van der Waals surface area contributed by atoms with Crippen LogP contribution < -0.4 is 11.1 Å². The topological polar surface area (TPSA) is 70.6 Å². The van der Waals surface area contributed by atoms with Gasteiger partial charge in [0.25, 0.3) is 0 Å². The molecular weight excluding hydrogens is 274 g/mol. The molecule has 0 amide bonds. The van der Waals surface area contributed by atoms with Gasteiger partial charge in [0.2, 0.25) is 0 Å². The Morgan fingerprint density at radius 2 is 2.00 bits per heavy atom. The van der Waals surface area contributed by atoms with Gasteiger partial charge in [-0.3, -0.25) is 0 Å². The molecule has 20 heavy (non-hydrogen) atoms. The van der Waals surface area contributed by atoms with Crippen molar-refractivity contribution in [3.8, 4) is 0 Å². The number of oxime groups is 1. The van der Waals surface area contributed by atoms with Crippen LogP contribution in [0, 0.1) is 6.92 Å². The third-order valence-corrected chi connectivity index (χ3v) is 3.55. The number of hydrogen-bond acceptors (Lipinski definition) is 3. The lowest BCUT2D eigenvalue weighted by molar-refractivity contribution is 0.318. The lowest BCUT2D eigenvalue weighted by atomic mass is 10.1. The average molecular weight is 290 g/mol. The highest BCUT2D eigenvalue weighted by Gasteiger charge is 2.07. The van der Waals surface area contributed by atoms with Crippen LogP contribution in [0.3, 0.4) is 0 Å². The summed E-state index contributed by atoms with van der Waals surface area (Å²) in [5.74, 6) is 0.102. The number of hydrogen-bond donors (Lipinski definition) is 3. The molecule has 0 aromatic heterocycles. The van der Waals surface area contributed by atoms with Gasteiger partial charge >= 0.3 is 0 Å². The highest BCUT2D eigenvalue weighted by molar-refractivity contribution is 6.31. The fourth-order valence-corrected chi connectivity index (χ4v) is 2.14. The molecule has 5 heteroatoms. The first-order valence-corrected chi connectivity index (χ1v) is 6.56. The van der Waals surface area contributed by atoms with Crippen molar-refractivity contribution in [1.29, 1.82) is 0 Å². The zero-order chi connectivity index (χ0) is 14.5. The number of nitrogens with two attached hydrogens (primary N) is 1. The van der Waals surface area contributed by atoms with Gasteiger partial charge in [-0.15, -0.1) is 0 Å². The van der Waals surface area contributed by atoms with E-state index in [-0.39, 0.29) is 5.84 Å². The molecule has 0 saturated carbocycles. The summed E-state index contributed by atoms with van der Waals surface area (Å²) < 4.78 is 0. The Kier molecular flexibility index (Phi) is 4.48. The minimum atomic E-state index is 0.102. The van der Waals surface area contributed by atoms with Crippen molar-refractivity contribution in [3.05, 3.63) is 64.2 Å². The number of benzene rings is 2. The molecule has 0 aliphatic carbocycles. The molecule has 0 aliphatic rings. The summed E-state index contributed by atoms with van der Waals surface area (Å²) >= 11 is 6.09. The third-order valence-electron chi connectivity index (χ3n) is 3.14. The zero-order valence-corrected chi connectivity index (χ0v) is 11.9. The van der Waals surface area contributed by atoms with Crippen LogP contribution in [0.15, 0.2) is 47.6 Å². The molecular formula is C15H16ClN3O. The van der Waals surface area contributed by atoms with Crippen LogP contribution in [-0.2, 0) is 6.54 Å². The quantitative estimate of drug-likeness (QED) is 0.350. The number of rotatable bonds is 4. The van der Waals surface area contributed by atoms with Crippen LogP contribution in [0.25, 0.3) is 0 Å². The molecule has 0 fully saturated rings. The summed E-state index contributed by atoms with van der Waals surface area (Å²) in [7, 11) is 0. The highest BCUT2D eigenvalue weighted by atomic mass is 35.5. The van der Waals surface area contributed by atoms with E-state index in [4.69, 9.17) is 22.5 Å². The van der Waals surface area contributed by atoms with Gasteiger partial charge in [-0.05, 0) is 30.2 Å². The van der Waals surface area contributed by atoms with E-state index in [1.807, 2.05) is 49.4 Å².